The molecule has 0 spiro atoms. The summed E-state index contributed by atoms with van der Waals surface area (Å²) in [6.07, 6.45) is 0. The molecule has 0 aliphatic heterocycles. The highest BCUT2D eigenvalue weighted by atomic mass is 16.6. The van der Waals surface area contributed by atoms with Crippen molar-refractivity contribution in [1.82, 2.24) is 20.2 Å². The molecular formula is C13H15N5O4. The number of hydrogen-bond donors (Lipinski definition) is 0. The summed E-state index contributed by atoms with van der Waals surface area (Å²) in [7, 11) is 1.60. The SMILES string of the molecule is Cn1nnnc1-c1cc(C(=O)OC(C)(C)C)cc([N+](=O)[O-])c1. The average Bonchev–Trinajstić information content (AvgIpc) is 2.82. The van der Waals surface area contributed by atoms with Crippen LogP contribution in [0.25, 0.3) is 11.4 Å². The molecule has 2 rings (SSSR count). The molecule has 1 aromatic heterocycles. The lowest BCUT2D eigenvalue weighted by atomic mass is 10.1. The van der Waals surface area contributed by atoms with Crippen molar-refractivity contribution in [3.8, 4) is 11.4 Å². The molecule has 22 heavy (non-hydrogen) atoms. The summed E-state index contributed by atoms with van der Waals surface area (Å²) in [5.41, 5.74) is -0.500. The van der Waals surface area contributed by atoms with Gasteiger partial charge in [0.25, 0.3) is 5.69 Å². The molecule has 0 atom stereocenters. The van der Waals surface area contributed by atoms with E-state index in [2.05, 4.69) is 15.5 Å². The summed E-state index contributed by atoms with van der Waals surface area (Å²) >= 11 is 0. The number of ether oxygens (including phenoxy) is 1. The highest BCUT2D eigenvalue weighted by molar-refractivity contribution is 5.92. The van der Waals surface area contributed by atoms with Crippen LogP contribution in [-0.4, -0.2) is 36.7 Å². The van der Waals surface area contributed by atoms with Gasteiger partial charge in [-0.05, 0) is 37.3 Å². The number of nitro benzene ring substituents is 1. The molecule has 9 nitrogen and oxygen atoms in total. The summed E-state index contributed by atoms with van der Waals surface area (Å²) in [4.78, 5) is 22.6. The van der Waals surface area contributed by atoms with E-state index in [0.29, 0.717) is 11.4 Å². The van der Waals surface area contributed by atoms with Gasteiger partial charge in [0.05, 0.1) is 10.5 Å². The van der Waals surface area contributed by atoms with Crippen LogP contribution in [0.4, 0.5) is 5.69 Å². The molecule has 1 aromatic carbocycles. The number of nitro groups is 1. The first-order valence-electron chi connectivity index (χ1n) is 6.43. The number of tetrazole rings is 1. The van der Waals surface area contributed by atoms with Crippen LogP contribution in [-0.2, 0) is 11.8 Å². The predicted octanol–water partition coefficient (Wildman–Crippen LogP) is 1.74. The first-order chi connectivity index (χ1) is 10.2. The molecule has 0 N–H and O–H groups in total. The Morgan fingerprint density at radius 3 is 2.50 bits per heavy atom. The first kappa shape index (κ1) is 15.5. The second kappa shape index (κ2) is 5.51. The van der Waals surface area contributed by atoms with Gasteiger partial charge in [0.15, 0.2) is 5.82 Å². The third-order valence-electron chi connectivity index (χ3n) is 2.64. The Labute approximate surface area is 126 Å². The Bertz CT molecular complexity index is 732. The molecule has 0 bridgehead atoms. The Balaban J connectivity index is 2.51. The van der Waals surface area contributed by atoms with Gasteiger partial charge in [-0.15, -0.1) is 5.10 Å². The Kier molecular flexibility index (Phi) is 3.89. The molecule has 116 valence electrons. The molecule has 0 amide bonds. The molecule has 0 saturated carbocycles. The minimum atomic E-state index is -0.700. The van der Waals surface area contributed by atoms with E-state index in [-0.39, 0.29) is 11.3 Å². The minimum absolute atomic E-state index is 0.0714. The van der Waals surface area contributed by atoms with Crippen LogP contribution in [0.5, 0.6) is 0 Å². The van der Waals surface area contributed by atoms with Gasteiger partial charge in [-0.1, -0.05) is 0 Å². The molecule has 0 radical (unpaired) electrons. The van der Waals surface area contributed by atoms with Gasteiger partial charge in [-0.25, -0.2) is 9.48 Å². The number of hydrogen-bond acceptors (Lipinski definition) is 7. The van der Waals surface area contributed by atoms with Crippen molar-refractivity contribution in [2.45, 2.75) is 26.4 Å². The van der Waals surface area contributed by atoms with Crippen molar-refractivity contribution in [3.63, 3.8) is 0 Å². The number of nitrogens with zero attached hydrogens (tertiary/aromatic N) is 5. The van der Waals surface area contributed by atoms with E-state index in [9.17, 15) is 14.9 Å². The van der Waals surface area contributed by atoms with Crippen molar-refractivity contribution in [3.05, 3.63) is 33.9 Å². The Morgan fingerprint density at radius 2 is 2.00 bits per heavy atom. The van der Waals surface area contributed by atoms with Crippen molar-refractivity contribution < 1.29 is 14.5 Å². The third kappa shape index (κ3) is 3.43. The maximum Gasteiger partial charge on any atom is 0.338 e. The number of rotatable bonds is 3. The van der Waals surface area contributed by atoms with Crippen LogP contribution in [0.1, 0.15) is 31.1 Å². The predicted molar refractivity (Wildman–Crippen MR) is 76.1 cm³/mol. The summed E-state index contributed by atoms with van der Waals surface area (Å²) in [6.45, 7) is 5.15. The molecule has 9 heteroatoms. The zero-order valence-corrected chi connectivity index (χ0v) is 12.6. The van der Waals surface area contributed by atoms with E-state index in [0.717, 1.165) is 0 Å². The van der Waals surface area contributed by atoms with Crippen LogP contribution >= 0.6 is 0 Å². The van der Waals surface area contributed by atoms with Gasteiger partial charge in [-0.2, -0.15) is 0 Å². The fourth-order valence-corrected chi connectivity index (χ4v) is 1.77. The number of benzene rings is 1. The van der Waals surface area contributed by atoms with Gasteiger partial charge < -0.3 is 4.74 Å². The lowest BCUT2D eigenvalue weighted by molar-refractivity contribution is -0.384. The number of carbonyl (C=O) groups is 1. The number of esters is 1. The van der Waals surface area contributed by atoms with Crippen LogP contribution in [0, 0.1) is 10.1 Å². The van der Waals surface area contributed by atoms with Crippen LogP contribution in [0.2, 0.25) is 0 Å². The fraction of sp³-hybridized carbons (Fsp3) is 0.385. The standard InChI is InChI=1S/C13H15N5O4/c1-13(2,3)22-12(19)9-5-8(6-10(7-9)18(20)21)11-14-15-16-17(11)4/h5-7H,1-4H3. The number of aromatic nitrogens is 4. The van der Waals surface area contributed by atoms with Crippen LogP contribution in [0.3, 0.4) is 0 Å². The summed E-state index contributed by atoms with van der Waals surface area (Å²) in [6, 6.07) is 3.94. The highest BCUT2D eigenvalue weighted by Crippen LogP contribution is 2.25. The maximum absolute atomic E-state index is 12.1. The monoisotopic (exact) mass is 305 g/mol. The zero-order valence-electron chi connectivity index (χ0n) is 12.6. The van der Waals surface area contributed by atoms with Gasteiger partial charge >= 0.3 is 5.97 Å². The molecule has 0 fully saturated rings. The molecule has 0 aliphatic carbocycles. The van der Waals surface area contributed by atoms with Crippen LogP contribution in [0.15, 0.2) is 18.2 Å². The number of carbonyl (C=O) groups excluding carboxylic acids is 1. The molecule has 1 heterocycles. The van der Waals surface area contributed by atoms with Gasteiger partial charge in [0, 0.05) is 24.7 Å². The summed E-state index contributed by atoms with van der Waals surface area (Å²) < 4.78 is 6.60. The highest BCUT2D eigenvalue weighted by Gasteiger charge is 2.22. The van der Waals surface area contributed by atoms with E-state index in [1.807, 2.05) is 0 Å². The molecular weight excluding hydrogens is 290 g/mol. The minimum Gasteiger partial charge on any atom is -0.456 e. The quantitative estimate of drug-likeness (QED) is 0.482. The lowest BCUT2D eigenvalue weighted by Gasteiger charge is -2.19. The first-order valence-corrected chi connectivity index (χ1v) is 6.43. The molecule has 0 saturated heterocycles. The van der Waals surface area contributed by atoms with E-state index >= 15 is 0 Å². The Hall–Kier alpha value is -2.84. The van der Waals surface area contributed by atoms with Gasteiger partial charge in [0.1, 0.15) is 5.60 Å². The lowest BCUT2D eigenvalue weighted by Crippen LogP contribution is -2.24. The smallest absolute Gasteiger partial charge is 0.338 e. The van der Waals surface area contributed by atoms with Gasteiger partial charge in [0.2, 0.25) is 0 Å². The molecule has 0 aliphatic rings. The summed E-state index contributed by atoms with van der Waals surface area (Å²) in [5, 5.41) is 22.0. The van der Waals surface area contributed by atoms with E-state index in [4.69, 9.17) is 4.74 Å². The second-order valence-corrected chi connectivity index (χ2v) is 5.65. The van der Waals surface area contributed by atoms with E-state index in [1.165, 1.54) is 22.9 Å². The van der Waals surface area contributed by atoms with Crippen LogP contribution < -0.4 is 0 Å². The number of aryl methyl sites for hydroxylation is 1. The van der Waals surface area contributed by atoms with E-state index in [1.54, 1.807) is 27.8 Å². The van der Waals surface area contributed by atoms with Gasteiger partial charge in [-0.3, -0.25) is 10.1 Å². The maximum atomic E-state index is 12.1. The fourth-order valence-electron chi connectivity index (χ4n) is 1.77. The van der Waals surface area contributed by atoms with Crippen molar-refractivity contribution in [2.75, 3.05) is 0 Å². The summed E-state index contributed by atoms with van der Waals surface area (Å²) in [5.74, 6) is -0.332. The van der Waals surface area contributed by atoms with E-state index < -0.39 is 16.5 Å². The topological polar surface area (TPSA) is 113 Å². The molecule has 2 aromatic rings. The van der Waals surface area contributed by atoms with Crippen molar-refractivity contribution in [1.29, 1.82) is 0 Å². The molecule has 0 unspecified atom stereocenters. The Morgan fingerprint density at radius 1 is 1.32 bits per heavy atom. The van der Waals surface area contributed by atoms with Crippen molar-refractivity contribution >= 4 is 11.7 Å². The average molecular weight is 305 g/mol. The van der Waals surface area contributed by atoms with Crippen molar-refractivity contribution in [2.24, 2.45) is 7.05 Å². The third-order valence-corrected chi connectivity index (χ3v) is 2.64. The number of non-ortho nitro benzene ring substituents is 1. The normalized spacial score (nSPS) is 11.3. The largest absolute Gasteiger partial charge is 0.456 e. The zero-order chi connectivity index (χ0) is 16.5. The second-order valence-electron chi connectivity index (χ2n) is 5.65.